The Bertz CT molecular complexity index is 103. The van der Waals surface area contributed by atoms with E-state index < -0.39 is 0 Å². The van der Waals surface area contributed by atoms with Crippen molar-refractivity contribution < 1.29 is 5.11 Å². The second kappa shape index (κ2) is 0.965. The number of nitrogens with zero attached hydrogens (tertiary/aromatic N) is 3. The first kappa shape index (κ1) is 3.14. The van der Waals surface area contributed by atoms with Crippen LogP contribution in [-0.2, 0) is 0 Å². The van der Waals surface area contributed by atoms with Crippen LogP contribution in [0.4, 0.5) is 0 Å². The monoisotopic (exact) mass is 84.0 g/mol. The van der Waals surface area contributed by atoms with E-state index in [9.17, 15) is 0 Å². The first-order valence-corrected chi connectivity index (χ1v) is 1.39. The van der Waals surface area contributed by atoms with Gasteiger partial charge in [-0.2, -0.15) is 0 Å². The summed E-state index contributed by atoms with van der Waals surface area (Å²) < 4.78 is 0. The highest BCUT2D eigenvalue weighted by Crippen LogP contribution is 1.75. The molecule has 1 aliphatic heterocycles. The Morgan fingerprint density at radius 2 is 2.50 bits per heavy atom. The average Bonchev–Trinajstić information content (AvgIpc) is 1.86. The van der Waals surface area contributed by atoms with Gasteiger partial charge < -0.3 is 5.11 Å². The normalized spacial score (nSPS) is 17.0. The van der Waals surface area contributed by atoms with E-state index in [0.29, 0.717) is 0 Å². The lowest BCUT2D eigenvalue weighted by Crippen LogP contribution is -1.89. The largest absolute Gasteiger partial charge is 0.491 e. The van der Waals surface area contributed by atoms with Gasteiger partial charge >= 0.3 is 0 Å². The molecular formula is C2H2N3O. The Morgan fingerprint density at radius 1 is 1.67 bits per heavy atom. The lowest BCUT2D eigenvalue weighted by atomic mass is 10.8. The van der Waals surface area contributed by atoms with Gasteiger partial charge in [0.1, 0.15) is 6.21 Å². The van der Waals surface area contributed by atoms with Crippen LogP contribution in [0.15, 0.2) is 10.2 Å². The standard InChI is InChI=1S/C2H2N3O/c6-2-1-3-5-4-2/h1H,(H,4,6). The molecule has 31 valence electrons. The van der Waals surface area contributed by atoms with Crippen LogP contribution < -0.4 is 5.53 Å². The zero-order valence-corrected chi connectivity index (χ0v) is 2.87. The third-order valence-electron chi connectivity index (χ3n) is 0.372. The molecule has 0 aromatic rings. The summed E-state index contributed by atoms with van der Waals surface area (Å²) in [6.07, 6.45) is 1.17. The molecule has 4 heteroatoms. The quantitative estimate of drug-likeness (QED) is 0.421. The summed E-state index contributed by atoms with van der Waals surface area (Å²) in [5.41, 5.74) is 3.07. The molecule has 0 spiro atoms. The zero-order valence-electron chi connectivity index (χ0n) is 2.87. The Hall–Kier alpha value is -1.06. The average molecular weight is 84.1 g/mol. The summed E-state index contributed by atoms with van der Waals surface area (Å²) in [5, 5.41) is 14.6. The Kier molecular flexibility index (Phi) is 0.506. The minimum Gasteiger partial charge on any atom is -0.491 e. The highest BCUT2D eigenvalue weighted by molar-refractivity contribution is 6.25. The fourth-order valence-electron chi connectivity index (χ4n) is 0.175. The molecule has 0 saturated carbocycles. The molecular weight excluding hydrogens is 82.0 g/mol. The van der Waals surface area contributed by atoms with Gasteiger partial charge in [0, 0.05) is 0 Å². The second-order valence-corrected chi connectivity index (χ2v) is 0.792. The molecule has 0 amide bonds. The summed E-state index contributed by atoms with van der Waals surface area (Å²) >= 11 is 0. The third kappa shape index (κ3) is 0.314. The maximum atomic E-state index is 8.24. The molecule has 1 rings (SSSR count). The molecule has 0 saturated heterocycles. The minimum absolute atomic E-state index is 0.130. The fraction of sp³-hybridized carbons (Fsp3) is 0. The van der Waals surface area contributed by atoms with Crippen LogP contribution in [0.2, 0.25) is 0 Å². The van der Waals surface area contributed by atoms with Crippen molar-refractivity contribution in [2.24, 2.45) is 10.2 Å². The molecule has 1 radical (unpaired) electrons. The lowest BCUT2D eigenvalue weighted by Gasteiger charge is -1.67. The lowest BCUT2D eigenvalue weighted by molar-refractivity contribution is 0.559. The van der Waals surface area contributed by atoms with E-state index in [1.807, 2.05) is 0 Å². The SMILES string of the molecule is OC1=N[N]N=C1. The minimum atomic E-state index is -0.130. The van der Waals surface area contributed by atoms with Gasteiger partial charge in [-0.3, -0.25) is 0 Å². The van der Waals surface area contributed by atoms with E-state index in [1.54, 1.807) is 0 Å². The highest BCUT2D eigenvalue weighted by Gasteiger charge is 1.92. The first-order valence-electron chi connectivity index (χ1n) is 1.39. The van der Waals surface area contributed by atoms with Crippen molar-refractivity contribution in [1.29, 1.82) is 0 Å². The van der Waals surface area contributed by atoms with Crippen LogP contribution in [-0.4, -0.2) is 17.2 Å². The van der Waals surface area contributed by atoms with Crippen LogP contribution in [0.25, 0.3) is 0 Å². The van der Waals surface area contributed by atoms with Crippen molar-refractivity contribution in [1.82, 2.24) is 5.53 Å². The molecule has 1 heterocycles. The van der Waals surface area contributed by atoms with E-state index in [0.717, 1.165) is 0 Å². The van der Waals surface area contributed by atoms with Crippen LogP contribution in [0.5, 0.6) is 0 Å². The van der Waals surface area contributed by atoms with E-state index >= 15 is 0 Å². The molecule has 6 heavy (non-hydrogen) atoms. The molecule has 0 aromatic carbocycles. The maximum absolute atomic E-state index is 8.24. The predicted molar refractivity (Wildman–Crippen MR) is 20.7 cm³/mol. The molecule has 1 aliphatic rings. The smallest absolute Gasteiger partial charge is 0.253 e. The van der Waals surface area contributed by atoms with Gasteiger partial charge in [0.2, 0.25) is 0 Å². The molecule has 4 nitrogen and oxygen atoms in total. The van der Waals surface area contributed by atoms with E-state index in [2.05, 4.69) is 15.7 Å². The van der Waals surface area contributed by atoms with Crippen LogP contribution in [0.3, 0.4) is 0 Å². The van der Waals surface area contributed by atoms with Crippen LogP contribution >= 0.6 is 0 Å². The molecule has 0 fully saturated rings. The number of aliphatic hydroxyl groups is 1. The molecule has 0 aromatic heterocycles. The summed E-state index contributed by atoms with van der Waals surface area (Å²) in [7, 11) is 0. The van der Waals surface area contributed by atoms with Gasteiger partial charge in [-0.05, 0) is 5.53 Å². The number of aliphatic hydroxyl groups excluding tert-OH is 1. The van der Waals surface area contributed by atoms with E-state index in [4.69, 9.17) is 5.11 Å². The molecule has 0 unspecified atom stereocenters. The summed E-state index contributed by atoms with van der Waals surface area (Å²) in [6, 6.07) is 0. The number of hydrogen-bond acceptors (Lipinski definition) is 2. The van der Waals surface area contributed by atoms with Gasteiger partial charge in [0.25, 0.3) is 5.90 Å². The molecule has 1 N–H and O–H groups in total. The molecule has 0 aliphatic carbocycles. The zero-order chi connectivity index (χ0) is 4.41. The van der Waals surface area contributed by atoms with Crippen molar-refractivity contribution in [3.8, 4) is 0 Å². The van der Waals surface area contributed by atoms with Gasteiger partial charge in [0.15, 0.2) is 0 Å². The first-order chi connectivity index (χ1) is 2.89. The van der Waals surface area contributed by atoms with Gasteiger partial charge in [-0.25, -0.2) is 0 Å². The van der Waals surface area contributed by atoms with Crippen LogP contribution in [0.1, 0.15) is 0 Å². The number of rotatable bonds is 0. The maximum Gasteiger partial charge on any atom is 0.253 e. The number of hydrogen-bond donors (Lipinski definition) is 1. The van der Waals surface area contributed by atoms with Gasteiger partial charge in [0.05, 0.1) is 0 Å². The topological polar surface area (TPSA) is 59.1 Å². The summed E-state index contributed by atoms with van der Waals surface area (Å²) in [5.74, 6) is -0.130. The Labute approximate surface area is 34.2 Å². The second-order valence-electron chi connectivity index (χ2n) is 0.792. The fourth-order valence-corrected chi connectivity index (χ4v) is 0.175. The van der Waals surface area contributed by atoms with Crippen molar-refractivity contribution in [2.75, 3.05) is 0 Å². The third-order valence-corrected chi connectivity index (χ3v) is 0.372. The van der Waals surface area contributed by atoms with Gasteiger partial charge in [-0.15, -0.1) is 5.10 Å². The molecule has 0 bridgehead atoms. The van der Waals surface area contributed by atoms with Crippen LogP contribution in [0, 0.1) is 0 Å². The van der Waals surface area contributed by atoms with Crippen molar-refractivity contribution in [2.45, 2.75) is 0 Å². The highest BCUT2D eigenvalue weighted by atomic mass is 16.3. The van der Waals surface area contributed by atoms with Gasteiger partial charge in [-0.1, -0.05) is 5.10 Å². The van der Waals surface area contributed by atoms with Crippen molar-refractivity contribution in [3.05, 3.63) is 0 Å². The Balaban J connectivity index is 2.68. The van der Waals surface area contributed by atoms with E-state index in [1.165, 1.54) is 6.21 Å². The van der Waals surface area contributed by atoms with E-state index in [-0.39, 0.29) is 5.90 Å². The van der Waals surface area contributed by atoms with Crippen molar-refractivity contribution >= 4 is 12.1 Å². The predicted octanol–water partition coefficient (Wildman–Crippen LogP) is -0.538. The Morgan fingerprint density at radius 3 is 2.67 bits per heavy atom. The summed E-state index contributed by atoms with van der Waals surface area (Å²) in [4.78, 5) is 0. The summed E-state index contributed by atoms with van der Waals surface area (Å²) in [6.45, 7) is 0. The van der Waals surface area contributed by atoms with Crippen molar-refractivity contribution in [3.63, 3.8) is 0 Å². The molecule has 0 atom stereocenters.